The van der Waals surface area contributed by atoms with E-state index < -0.39 is 5.97 Å². The monoisotopic (exact) mass is 352 g/mol. The van der Waals surface area contributed by atoms with Gasteiger partial charge in [0.15, 0.2) is 0 Å². The lowest BCUT2D eigenvalue weighted by molar-refractivity contribution is -0.142. The summed E-state index contributed by atoms with van der Waals surface area (Å²) < 4.78 is 1.76. The van der Waals surface area contributed by atoms with Gasteiger partial charge in [-0.1, -0.05) is 0 Å². The van der Waals surface area contributed by atoms with Gasteiger partial charge in [-0.3, -0.25) is 9.48 Å². The van der Waals surface area contributed by atoms with Gasteiger partial charge in [-0.25, -0.2) is 4.79 Å². The zero-order valence-corrected chi connectivity index (χ0v) is 14.7. The van der Waals surface area contributed by atoms with Crippen LogP contribution in [0.1, 0.15) is 37.3 Å². The van der Waals surface area contributed by atoms with Crippen LogP contribution in [0.4, 0.5) is 4.79 Å². The Kier molecular flexibility index (Phi) is 5.33. The largest absolute Gasteiger partial charge is 0.481 e. The maximum absolute atomic E-state index is 12.7. The summed E-state index contributed by atoms with van der Waals surface area (Å²) in [6.07, 6.45) is 6.56. The molecule has 0 radical (unpaired) electrons. The van der Waals surface area contributed by atoms with Gasteiger partial charge in [-0.2, -0.15) is 16.9 Å². The van der Waals surface area contributed by atoms with E-state index in [-0.39, 0.29) is 24.0 Å². The molecule has 24 heavy (non-hydrogen) atoms. The number of carboxylic acid groups (broad SMARTS) is 1. The van der Waals surface area contributed by atoms with Crippen molar-refractivity contribution in [3.05, 3.63) is 18.0 Å². The minimum atomic E-state index is -0.718. The zero-order valence-electron chi connectivity index (χ0n) is 13.9. The zero-order chi connectivity index (χ0) is 17.1. The second-order valence-electron chi connectivity index (χ2n) is 6.57. The van der Waals surface area contributed by atoms with Crippen LogP contribution in [0.5, 0.6) is 0 Å². The van der Waals surface area contributed by atoms with Gasteiger partial charge in [0.25, 0.3) is 0 Å². The van der Waals surface area contributed by atoms with Crippen LogP contribution in [0.25, 0.3) is 0 Å². The third-order valence-electron chi connectivity index (χ3n) is 4.90. The summed E-state index contributed by atoms with van der Waals surface area (Å²) in [6, 6.07) is 0.0907. The summed E-state index contributed by atoms with van der Waals surface area (Å²) in [5.74, 6) is 0.845. The number of urea groups is 1. The summed E-state index contributed by atoms with van der Waals surface area (Å²) in [4.78, 5) is 25.7. The third-order valence-corrected chi connectivity index (χ3v) is 5.93. The molecule has 2 amide bonds. The van der Waals surface area contributed by atoms with Crippen molar-refractivity contribution in [2.24, 2.45) is 13.0 Å². The summed E-state index contributed by atoms with van der Waals surface area (Å²) >= 11 is 1.85. The first kappa shape index (κ1) is 17.1. The van der Waals surface area contributed by atoms with Gasteiger partial charge in [-0.05, 0) is 25.7 Å². The van der Waals surface area contributed by atoms with Gasteiger partial charge in [0.1, 0.15) is 0 Å². The lowest BCUT2D eigenvalue weighted by Gasteiger charge is -2.37. The Hall–Kier alpha value is -1.70. The van der Waals surface area contributed by atoms with Crippen molar-refractivity contribution in [1.29, 1.82) is 0 Å². The lowest BCUT2D eigenvalue weighted by Crippen LogP contribution is -2.50. The van der Waals surface area contributed by atoms with Crippen LogP contribution < -0.4 is 5.32 Å². The van der Waals surface area contributed by atoms with Gasteiger partial charge in [0.05, 0.1) is 18.2 Å². The van der Waals surface area contributed by atoms with Gasteiger partial charge in [0.2, 0.25) is 0 Å². The summed E-state index contributed by atoms with van der Waals surface area (Å²) in [7, 11) is 1.88. The van der Waals surface area contributed by atoms with Crippen LogP contribution >= 0.6 is 11.8 Å². The number of nitrogens with one attached hydrogen (secondary N) is 1. The quantitative estimate of drug-likeness (QED) is 0.867. The molecule has 1 saturated carbocycles. The minimum Gasteiger partial charge on any atom is -0.481 e. The molecule has 2 N–H and O–H groups in total. The molecular weight excluding hydrogens is 328 g/mol. The number of rotatable bonds is 3. The molecule has 1 atom stereocenters. The van der Waals surface area contributed by atoms with E-state index in [0.29, 0.717) is 12.8 Å². The Labute approximate surface area is 145 Å². The van der Waals surface area contributed by atoms with E-state index in [0.717, 1.165) is 36.5 Å². The second-order valence-corrected chi connectivity index (χ2v) is 7.72. The summed E-state index contributed by atoms with van der Waals surface area (Å²) in [5.41, 5.74) is 1.06. The van der Waals surface area contributed by atoms with Crippen LogP contribution in [0.2, 0.25) is 0 Å². The van der Waals surface area contributed by atoms with Crippen molar-refractivity contribution in [2.75, 3.05) is 18.1 Å². The van der Waals surface area contributed by atoms with Gasteiger partial charge in [0, 0.05) is 42.9 Å². The average Bonchev–Trinajstić information content (AvgIpc) is 3.01. The molecule has 1 aliphatic carbocycles. The second kappa shape index (κ2) is 7.46. The molecule has 0 spiro atoms. The number of aromatic nitrogens is 2. The number of hydrogen-bond donors (Lipinski definition) is 2. The third kappa shape index (κ3) is 3.85. The Bertz CT molecular complexity index is 598. The van der Waals surface area contributed by atoms with Crippen LogP contribution in [0.15, 0.2) is 12.4 Å². The smallest absolute Gasteiger partial charge is 0.318 e. The standard InChI is InChI=1S/C16H24N4O3S/c1-19-9-12(8-17-19)14-10-24-7-6-20(14)16(23)18-13-4-2-11(3-5-13)15(21)22/h8-9,11,13-14H,2-7,10H2,1H3,(H,18,23)(H,21,22). The van der Waals surface area contributed by atoms with E-state index in [1.807, 2.05) is 36.1 Å². The molecule has 0 aromatic carbocycles. The molecule has 1 aliphatic heterocycles. The molecule has 1 aromatic rings. The molecular formula is C16H24N4O3S. The van der Waals surface area contributed by atoms with E-state index >= 15 is 0 Å². The molecule has 8 heteroatoms. The highest BCUT2D eigenvalue weighted by molar-refractivity contribution is 7.99. The fourth-order valence-electron chi connectivity index (χ4n) is 3.48. The van der Waals surface area contributed by atoms with Gasteiger partial charge >= 0.3 is 12.0 Å². The van der Waals surface area contributed by atoms with E-state index in [9.17, 15) is 9.59 Å². The highest BCUT2D eigenvalue weighted by atomic mass is 32.2. The fraction of sp³-hybridized carbons (Fsp3) is 0.688. The molecule has 2 aliphatic rings. The van der Waals surface area contributed by atoms with Crippen molar-refractivity contribution in [1.82, 2.24) is 20.0 Å². The van der Waals surface area contributed by atoms with Crippen molar-refractivity contribution in [3.8, 4) is 0 Å². The number of carboxylic acids is 1. The molecule has 132 valence electrons. The highest BCUT2D eigenvalue weighted by Gasteiger charge is 2.32. The Morgan fingerprint density at radius 3 is 2.71 bits per heavy atom. The van der Waals surface area contributed by atoms with Crippen molar-refractivity contribution in [2.45, 2.75) is 37.8 Å². The Morgan fingerprint density at radius 2 is 2.08 bits per heavy atom. The van der Waals surface area contributed by atoms with Crippen LogP contribution in [0.3, 0.4) is 0 Å². The number of nitrogens with zero attached hydrogens (tertiary/aromatic N) is 3. The first-order valence-corrected chi connectivity index (χ1v) is 9.56. The van der Waals surface area contributed by atoms with Crippen LogP contribution in [-0.2, 0) is 11.8 Å². The van der Waals surface area contributed by atoms with E-state index in [4.69, 9.17) is 5.11 Å². The van der Waals surface area contributed by atoms with Crippen molar-refractivity contribution < 1.29 is 14.7 Å². The average molecular weight is 352 g/mol. The molecule has 1 unspecified atom stereocenters. The normalized spacial score (nSPS) is 27.7. The van der Waals surface area contributed by atoms with Crippen molar-refractivity contribution in [3.63, 3.8) is 0 Å². The van der Waals surface area contributed by atoms with Crippen molar-refractivity contribution >= 4 is 23.8 Å². The summed E-state index contributed by atoms with van der Waals surface area (Å²) in [5, 5.41) is 16.4. The molecule has 0 bridgehead atoms. The van der Waals surface area contributed by atoms with Gasteiger partial charge in [-0.15, -0.1) is 0 Å². The van der Waals surface area contributed by atoms with Crippen LogP contribution in [-0.4, -0.2) is 55.9 Å². The first-order valence-electron chi connectivity index (χ1n) is 8.41. The fourth-order valence-corrected chi connectivity index (χ4v) is 4.57. The SMILES string of the molecule is Cn1cc(C2CSCCN2C(=O)NC2CCC(C(=O)O)CC2)cn1. The maximum Gasteiger partial charge on any atom is 0.318 e. The van der Waals surface area contributed by atoms with Gasteiger partial charge < -0.3 is 15.3 Å². The number of carbonyl (C=O) groups excluding carboxylic acids is 1. The predicted molar refractivity (Wildman–Crippen MR) is 91.9 cm³/mol. The predicted octanol–water partition coefficient (Wildman–Crippen LogP) is 1.86. The molecule has 1 aromatic heterocycles. The minimum absolute atomic E-state index is 0.0390. The molecule has 2 heterocycles. The number of thioether (sulfide) groups is 1. The number of amides is 2. The first-order chi connectivity index (χ1) is 11.5. The number of aliphatic carboxylic acids is 1. The number of carbonyl (C=O) groups is 2. The number of aryl methyl sites for hydroxylation is 1. The topological polar surface area (TPSA) is 87.5 Å². The van der Waals surface area contributed by atoms with Crippen LogP contribution in [0, 0.1) is 5.92 Å². The Balaban J connectivity index is 1.60. The molecule has 7 nitrogen and oxygen atoms in total. The maximum atomic E-state index is 12.7. The Morgan fingerprint density at radius 1 is 1.33 bits per heavy atom. The number of hydrogen-bond acceptors (Lipinski definition) is 4. The molecule has 2 fully saturated rings. The van der Waals surface area contributed by atoms with E-state index in [1.54, 1.807) is 4.68 Å². The highest BCUT2D eigenvalue weighted by Crippen LogP contribution is 2.30. The lowest BCUT2D eigenvalue weighted by atomic mass is 9.86. The molecule has 3 rings (SSSR count). The van der Waals surface area contributed by atoms with E-state index in [2.05, 4.69) is 10.4 Å². The van der Waals surface area contributed by atoms with E-state index in [1.165, 1.54) is 0 Å². The summed E-state index contributed by atoms with van der Waals surface area (Å²) in [6.45, 7) is 0.723. The molecule has 1 saturated heterocycles.